The number of hydrogen-bond donors (Lipinski definition) is 2. The normalized spacial score (nSPS) is 12.9. The summed E-state index contributed by atoms with van der Waals surface area (Å²) in [5, 5.41) is 11.2. The zero-order valence-corrected chi connectivity index (χ0v) is 10.6. The smallest absolute Gasteiger partial charge is 0.234 e. The number of aliphatic hydroxyl groups excluding tert-OH is 1. The van der Waals surface area contributed by atoms with E-state index in [-0.39, 0.29) is 12.5 Å². The minimum Gasteiger partial charge on any atom is -0.395 e. The molecule has 1 amide bonds. The van der Waals surface area contributed by atoms with Crippen molar-refractivity contribution in [2.45, 2.75) is 19.4 Å². The third-order valence-corrected chi connectivity index (χ3v) is 3.00. The summed E-state index contributed by atoms with van der Waals surface area (Å²) in [7, 11) is 1.96. The largest absolute Gasteiger partial charge is 0.395 e. The maximum atomic E-state index is 11.4. The standard InChI is InChI=1S/C10H22N2O2S/c1-4-9(8-15-3)12(2)7-10(14)11-5-6-13/h9,13H,4-8H2,1-3H3,(H,11,14). The SMILES string of the molecule is CCC(CSC)N(C)CC(=O)NCCO. The number of carbonyl (C=O) groups is 1. The number of rotatable bonds is 8. The number of carbonyl (C=O) groups excluding carboxylic acids is 1. The van der Waals surface area contributed by atoms with Gasteiger partial charge in [0.25, 0.3) is 0 Å². The average Bonchev–Trinajstić information content (AvgIpc) is 2.22. The number of aliphatic hydroxyl groups is 1. The summed E-state index contributed by atoms with van der Waals surface area (Å²) in [5.74, 6) is 1.02. The van der Waals surface area contributed by atoms with Crippen LogP contribution in [0.15, 0.2) is 0 Å². The highest BCUT2D eigenvalue weighted by Gasteiger charge is 2.14. The van der Waals surface area contributed by atoms with E-state index in [1.165, 1.54) is 0 Å². The lowest BCUT2D eigenvalue weighted by Crippen LogP contribution is -2.42. The van der Waals surface area contributed by atoms with Crippen LogP contribution in [0.2, 0.25) is 0 Å². The molecule has 0 aromatic rings. The van der Waals surface area contributed by atoms with Gasteiger partial charge in [0, 0.05) is 18.3 Å². The van der Waals surface area contributed by atoms with Crippen LogP contribution in [0, 0.1) is 0 Å². The lowest BCUT2D eigenvalue weighted by Gasteiger charge is -2.25. The van der Waals surface area contributed by atoms with E-state index in [9.17, 15) is 4.79 Å². The second-order valence-electron chi connectivity index (χ2n) is 3.51. The van der Waals surface area contributed by atoms with Crippen LogP contribution in [0.1, 0.15) is 13.3 Å². The van der Waals surface area contributed by atoms with Crippen LogP contribution in [0.4, 0.5) is 0 Å². The minimum absolute atomic E-state index is 0.00251. The first-order valence-corrected chi connectivity index (χ1v) is 6.61. The van der Waals surface area contributed by atoms with Gasteiger partial charge in [-0.1, -0.05) is 6.92 Å². The molecule has 1 unspecified atom stereocenters. The Balaban J connectivity index is 3.86. The molecule has 0 fully saturated rings. The first-order valence-electron chi connectivity index (χ1n) is 5.22. The molecule has 4 nitrogen and oxygen atoms in total. The Kier molecular flexibility index (Phi) is 8.85. The number of nitrogens with one attached hydrogen (secondary N) is 1. The van der Waals surface area contributed by atoms with Gasteiger partial charge in [0.05, 0.1) is 13.2 Å². The highest BCUT2D eigenvalue weighted by atomic mass is 32.2. The van der Waals surface area contributed by atoms with Crippen molar-refractivity contribution in [3.05, 3.63) is 0 Å². The first-order chi connectivity index (χ1) is 7.15. The molecule has 0 aliphatic rings. The van der Waals surface area contributed by atoms with Crippen molar-refractivity contribution in [1.29, 1.82) is 0 Å². The average molecular weight is 234 g/mol. The molecule has 2 N–H and O–H groups in total. The van der Waals surface area contributed by atoms with Gasteiger partial charge in [0.2, 0.25) is 5.91 Å². The Hall–Kier alpha value is -0.260. The maximum absolute atomic E-state index is 11.4. The van der Waals surface area contributed by atoms with Crippen molar-refractivity contribution in [2.75, 3.05) is 38.8 Å². The van der Waals surface area contributed by atoms with E-state index in [1.54, 1.807) is 11.8 Å². The van der Waals surface area contributed by atoms with Gasteiger partial charge in [-0.2, -0.15) is 11.8 Å². The van der Waals surface area contributed by atoms with Gasteiger partial charge in [-0.15, -0.1) is 0 Å². The number of nitrogens with zero attached hydrogens (tertiary/aromatic N) is 1. The van der Waals surface area contributed by atoms with Crippen molar-refractivity contribution in [1.82, 2.24) is 10.2 Å². The summed E-state index contributed by atoms with van der Waals surface area (Å²) in [4.78, 5) is 13.4. The molecule has 1 atom stereocenters. The molecule has 0 bridgehead atoms. The van der Waals surface area contributed by atoms with E-state index < -0.39 is 0 Å². The Bertz CT molecular complexity index is 179. The zero-order valence-electron chi connectivity index (χ0n) is 9.82. The van der Waals surface area contributed by atoms with E-state index in [2.05, 4.69) is 23.4 Å². The molecule has 90 valence electrons. The van der Waals surface area contributed by atoms with E-state index in [0.717, 1.165) is 12.2 Å². The van der Waals surface area contributed by atoms with Crippen molar-refractivity contribution in [3.63, 3.8) is 0 Å². The number of thioether (sulfide) groups is 1. The van der Waals surface area contributed by atoms with Gasteiger partial charge >= 0.3 is 0 Å². The van der Waals surface area contributed by atoms with Gasteiger partial charge in [0.1, 0.15) is 0 Å². The predicted octanol–water partition coefficient (Wildman–Crippen LogP) is 0.168. The second kappa shape index (κ2) is 9.00. The first kappa shape index (κ1) is 14.7. The van der Waals surface area contributed by atoms with E-state index in [0.29, 0.717) is 19.1 Å². The summed E-state index contributed by atoms with van der Waals surface area (Å²) < 4.78 is 0. The fraction of sp³-hybridized carbons (Fsp3) is 0.900. The topological polar surface area (TPSA) is 52.6 Å². The molecule has 0 radical (unpaired) electrons. The summed E-state index contributed by atoms with van der Waals surface area (Å²) in [5.41, 5.74) is 0. The van der Waals surface area contributed by atoms with Crippen LogP contribution in [0.25, 0.3) is 0 Å². The van der Waals surface area contributed by atoms with Crippen LogP contribution in [-0.2, 0) is 4.79 Å². The quantitative estimate of drug-likeness (QED) is 0.628. The molecule has 0 rings (SSSR count). The highest BCUT2D eigenvalue weighted by molar-refractivity contribution is 7.98. The van der Waals surface area contributed by atoms with E-state index in [4.69, 9.17) is 5.11 Å². The Labute approximate surface area is 96.4 Å². The maximum Gasteiger partial charge on any atom is 0.234 e. The fourth-order valence-corrected chi connectivity index (χ4v) is 2.23. The van der Waals surface area contributed by atoms with Gasteiger partial charge in [-0.05, 0) is 19.7 Å². The third-order valence-electron chi connectivity index (χ3n) is 2.28. The number of likely N-dealkylation sites (N-methyl/N-ethyl adjacent to an activating group) is 1. The van der Waals surface area contributed by atoms with Gasteiger partial charge in [-0.3, -0.25) is 9.69 Å². The van der Waals surface area contributed by atoms with Crippen molar-refractivity contribution >= 4 is 17.7 Å². The molecule has 0 aromatic heterocycles. The molecule has 0 aliphatic heterocycles. The van der Waals surface area contributed by atoms with Crippen molar-refractivity contribution < 1.29 is 9.90 Å². The zero-order chi connectivity index (χ0) is 11.7. The van der Waals surface area contributed by atoms with Gasteiger partial charge < -0.3 is 10.4 Å². The van der Waals surface area contributed by atoms with Crippen LogP contribution >= 0.6 is 11.8 Å². The van der Waals surface area contributed by atoms with Crippen LogP contribution < -0.4 is 5.32 Å². The molecule has 0 aromatic carbocycles. The molecular weight excluding hydrogens is 212 g/mol. The molecule has 0 saturated carbocycles. The monoisotopic (exact) mass is 234 g/mol. The summed E-state index contributed by atoms with van der Waals surface area (Å²) in [6.07, 6.45) is 3.12. The molecule has 0 saturated heterocycles. The summed E-state index contributed by atoms with van der Waals surface area (Å²) >= 11 is 1.79. The Morgan fingerprint density at radius 1 is 1.60 bits per heavy atom. The molecule has 0 aliphatic carbocycles. The molecule has 0 spiro atoms. The summed E-state index contributed by atoms with van der Waals surface area (Å²) in [6.45, 7) is 2.87. The van der Waals surface area contributed by atoms with Crippen molar-refractivity contribution in [3.8, 4) is 0 Å². The van der Waals surface area contributed by atoms with E-state index >= 15 is 0 Å². The number of hydrogen-bond acceptors (Lipinski definition) is 4. The fourth-order valence-electron chi connectivity index (χ4n) is 1.36. The molecule has 0 heterocycles. The Morgan fingerprint density at radius 2 is 2.27 bits per heavy atom. The second-order valence-corrected chi connectivity index (χ2v) is 4.42. The van der Waals surface area contributed by atoms with E-state index in [1.807, 2.05) is 7.05 Å². The highest BCUT2D eigenvalue weighted by Crippen LogP contribution is 2.07. The number of amides is 1. The van der Waals surface area contributed by atoms with Gasteiger partial charge in [-0.25, -0.2) is 0 Å². The van der Waals surface area contributed by atoms with Crippen LogP contribution in [0.5, 0.6) is 0 Å². The molecular formula is C10H22N2O2S. The summed E-state index contributed by atoms with van der Waals surface area (Å²) in [6, 6.07) is 0.444. The van der Waals surface area contributed by atoms with Gasteiger partial charge in [0.15, 0.2) is 0 Å². The minimum atomic E-state index is -0.0221. The third kappa shape index (κ3) is 6.76. The lowest BCUT2D eigenvalue weighted by atomic mass is 10.2. The van der Waals surface area contributed by atoms with Crippen LogP contribution in [-0.4, -0.2) is 60.7 Å². The van der Waals surface area contributed by atoms with Crippen molar-refractivity contribution in [2.24, 2.45) is 0 Å². The lowest BCUT2D eigenvalue weighted by molar-refractivity contribution is -0.122. The predicted molar refractivity (Wildman–Crippen MR) is 65.2 cm³/mol. The van der Waals surface area contributed by atoms with Crippen LogP contribution in [0.3, 0.4) is 0 Å². The molecule has 15 heavy (non-hydrogen) atoms. The molecule has 5 heteroatoms. The Morgan fingerprint density at radius 3 is 2.73 bits per heavy atom.